The molecule has 16 heavy (non-hydrogen) atoms. The van der Waals surface area contributed by atoms with Crippen LogP contribution < -0.4 is 0 Å². The summed E-state index contributed by atoms with van der Waals surface area (Å²) in [5, 5.41) is 9.06. The normalized spacial score (nSPS) is 25.7. The Labute approximate surface area is 94.4 Å². The summed E-state index contributed by atoms with van der Waals surface area (Å²) in [6, 6.07) is 0.218. The van der Waals surface area contributed by atoms with E-state index in [2.05, 4.69) is 0 Å². The maximum atomic E-state index is 12.2. The summed E-state index contributed by atoms with van der Waals surface area (Å²) in [5.74, 6) is 0. The molecule has 5 heteroatoms. The molecule has 96 valence electrons. The smallest absolute Gasteiger partial charge is 0.382 e. The molecule has 0 bridgehead atoms. The molecule has 0 aromatic rings. The van der Waals surface area contributed by atoms with Gasteiger partial charge in [-0.25, -0.2) is 0 Å². The quantitative estimate of drug-likeness (QED) is 0.815. The van der Waals surface area contributed by atoms with E-state index in [0.717, 1.165) is 32.1 Å². The van der Waals surface area contributed by atoms with Crippen LogP contribution in [0.5, 0.6) is 0 Å². The Morgan fingerprint density at radius 2 is 2.06 bits per heavy atom. The number of piperidine rings is 1. The second-order valence-electron chi connectivity index (χ2n) is 4.49. The van der Waals surface area contributed by atoms with Crippen molar-refractivity contribution in [1.29, 1.82) is 0 Å². The first-order valence-corrected chi connectivity index (χ1v) is 5.94. The Morgan fingerprint density at radius 1 is 1.38 bits per heavy atom. The van der Waals surface area contributed by atoms with E-state index in [1.165, 1.54) is 0 Å². The average molecular weight is 239 g/mol. The molecule has 2 unspecified atom stereocenters. The summed E-state index contributed by atoms with van der Waals surface area (Å²) >= 11 is 0. The first-order valence-electron chi connectivity index (χ1n) is 5.94. The number of likely N-dealkylation sites (tertiary alicyclic amines) is 1. The van der Waals surface area contributed by atoms with E-state index >= 15 is 0 Å². The van der Waals surface area contributed by atoms with Gasteiger partial charge in [-0.05, 0) is 25.8 Å². The minimum absolute atomic E-state index is 0.218. The van der Waals surface area contributed by atoms with Crippen molar-refractivity contribution in [2.45, 2.75) is 57.3 Å². The largest absolute Gasteiger partial charge is 0.415 e. The maximum Gasteiger partial charge on any atom is 0.415 e. The van der Waals surface area contributed by atoms with E-state index in [9.17, 15) is 13.2 Å². The average Bonchev–Trinajstić information content (AvgIpc) is 2.20. The molecule has 1 aliphatic heterocycles. The number of hydrogen-bond acceptors (Lipinski definition) is 2. The summed E-state index contributed by atoms with van der Waals surface area (Å²) in [7, 11) is 0. The van der Waals surface area contributed by atoms with Crippen LogP contribution in [0.4, 0.5) is 13.2 Å². The highest BCUT2D eigenvalue weighted by atomic mass is 19.4. The van der Waals surface area contributed by atoms with Crippen molar-refractivity contribution in [3.05, 3.63) is 0 Å². The van der Waals surface area contributed by atoms with Crippen molar-refractivity contribution < 1.29 is 18.3 Å². The van der Waals surface area contributed by atoms with Crippen LogP contribution in [0.3, 0.4) is 0 Å². The van der Waals surface area contributed by atoms with Gasteiger partial charge in [-0.1, -0.05) is 19.8 Å². The Kier molecular flexibility index (Phi) is 5.05. The maximum absolute atomic E-state index is 12.2. The van der Waals surface area contributed by atoms with Gasteiger partial charge in [0.05, 0.1) is 0 Å². The standard InChI is InChI=1S/C11H20F3NO/c1-2-5-9-6-3-4-7-15(9)8-10(16)11(12,13)14/h9-10,16H,2-8H2,1H3. The minimum Gasteiger partial charge on any atom is -0.382 e. The fraction of sp³-hybridized carbons (Fsp3) is 1.00. The fourth-order valence-corrected chi connectivity index (χ4v) is 2.29. The first kappa shape index (κ1) is 13.8. The van der Waals surface area contributed by atoms with Crippen molar-refractivity contribution in [3.8, 4) is 0 Å². The lowest BCUT2D eigenvalue weighted by Crippen LogP contribution is -2.47. The van der Waals surface area contributed by atoms with Crippen molar-refractivity contribution in [1.82, 2.24) is 4.90 Å². The molecule has 2 atom stereocenters. The Morgan fingerprint density at radius 3 is 2.62 bits per heavy atom. The third-order valence-electron chi connectivity index (χ3n) is 3.16. The topological polar surface area (TPSA) is 23.5 Å². The molecule has 2 nitrogen and oxygen atoms in total. The highest BCUT2D eigenvalue weighted by Crippen LogP contribution is 2.25. The van der Waals surface area contributed by atoms with Gasteiger partial charge in [-0.3, -0.25) is 4.90 Å². The number of hydrogen-bond donors (Lipinski definition) is 1. The van der Waals surface area contributed by atoms with Gasteiger partial charge in [-0.2, -0.15) is 13.2 Å². The second kappa shape index (κ2) is 5.87. The zero-order valence-corrected chi connectivity index (χ0v) is 9.63. The Hall–Kier alpha value is -0.290. The van der Waals surface area contributed by atoms with Gasteiger partial charge in [0.1, 0.15) is 0 Å². The molecule has 0 aromatic carbocycles. The zero-order chi connectivity index (χ0) is 12.2. The van der Waals surface area contributed by atoms with Crippen LogP contribution in [-0.2, 0) is 0 Å². The van der Waals surface area contributed by atoms with E-state index < -0.39 is 12.3 Å². The van der Waals surface area contributed by atoms with Crippen molar-refractivity contribution in [2.75, 3.05) is 13.1 Å². The Bertz CT molecular complexity index is 206. The molecule has 1 N–H and O–H groups in total. The summed E-state index contributed by atoms with van der Waals surface area (Å²) in [6.45, 7) is 2.44. The molecule has 0 saturated carbocycles. The molecule has 1 aliphatic rings. The molecule has 0 aromatic heterocycles. The van der Waals surface area contributed by atoms with E-state index in [0.29, 0.717) is 6.54 Å². The lowest BCUT2D eigenvalue weighted by molar-refractivity contribution is -0.210. The third kappa shape index (κ3) is 3.94. The summed E-state index contributed by atoms with van der Waals surface area (Å²) in [6.07, 6.45) is -1.82. The Balaban J connectivity index is 2.49. The minimum atomic E-state index is -4.49. The van der Waals surface area contributed by atoms with Crippen molar-refractivity contribution in [3.63, 3.8) is 0 Å². The van der Waals surface area contributed by atoms with E-state index in [-0.39, 0.29) is 12.6 Å². The fourth-order valence-electron chi connectivity index (χ4n) is 2.29. The van der Waals surface area contributed by atoms with Crippen LogP contribution >= 0.6 is 0 Å². The molecule has 1 saturated heterocycles. The predicted molar refractivity (Wildman–Crippen MR) is 56.2 cm³/mol. The first-order chi connectivity index (χ1) is 7.45. The third-order valence-corrected chi connectivity index (χ3v) is 3.16. The number of alkyl halides is 3. The lowest BCUT2D eigenvalue weighted by atomic mass is 9.98. The van der Waals surface area contributed by atoms with Crippen LogP contribution in [0.2, 0.25) is 0 Å². The number of rotatable bonds is 4. The number of β-amino-alcohol motifs (C(OH)–C–C–N with tert-alkyl or cyclic N) is 1. The van der Waals surface area contributed by atoms with Gasteiger partial charge in [0.15, 0.2) is 6.10 Å². The van der Waals surface area contributed by atoms with Crippen molar-refractivity contribution in [2.24, 2.45) is 0 Å². The summed E-state index contributed by atoms with van der Waals surface area (Å²) in [4.78, 5) is 1.80. The molecule has 0 radical (unpaired) electrons. The molecular formula is C11H20F3NO. The predicted octanol–water partition coefficient (Wildman–Crippen LogP) is 2.56. The van der Waals surface area contributed by atoms with Crippen LogP contribution in [0.25, 0.3) is 0 Å². The molecule has 0 amide bonds. The molecular weight excluding hydrogens is 219 g/mol. The van der Waals surface area contributed by atoms with Gasteiger partial charge in [0.25, 0.3) is 0 Å². The molecule has 1 fully saturated rings. The molecule has 0 spiro atoms. The lowest BCUT2D eigenvalue weighted by Gasteiger charge is -2.37. The van der Waals surface area contributed by atoms with E-state index in [4.69, 9.17) is 5.11 Å². The van der Waals surface area contributed by atoms with Gasteiger partial charge >= 0.3 is 6.18 Å². The number of nitrogens with zero attached hydrogens (tertiary/aromatic N) is 1. The van der Waals surface area contributed by atoms with E-state index in [1.807, 2.05) is 6.92 Å². The van der Waals surface area contributed by atoms with Crippen LogP contribution in [0.15, 0.2) is 0 Å². The molecule has 0 aliphatic carbocycles. The second-order valence-corrected chi connectivity index (χ2v) is 4.49. The van der Waals surface area contributed by atoms with Gasteiger partial charge < -0.3 is 5.11 Å². The highest BCUT2D eigenvalue weighted by molar-refractivity contribution is 4.80. The monoisotopic (exact) mass is 239 g/mol. The number of halogens is 3. The number of aliphatic hydroxyl groups is 1. The SMILES string of the molecule is CCCC1CCCCN1CC(O)C(F)(F)F. The van der Waals surface area contributed by atoms with E-state index in [1.54, 1.807) is 4.90 Å². The van der Waals surface area contributed by atoms with Crippen LogP contribution in [-0.4, -0.2) is 41.4 Å². The van der Waals surface area contributed by atoms with Gasteiger partial charge in [0, 0.05) is 12.6 Å². The van der Waals surface area contributed by atoms with Gasteiger partial charge in [-0.15, -0.1) is 0 Å². The summed E-state index contributed by atoms with van der Waals surface area (Å²) in [5.41, 5.74) is 0. The zero-order valence-electron chi connectivity index (χ0n) is 9.63. The highest BCUT2D eigenvalue weighted by Gasteiger charge is 2.40. The van der Waals surface area contributed by atoms with Crippen LogP contribution in [0.1, 0.15) is 39.0 Å². The molecule has 1 heterocycles. The summed E-state index contributed by atoms with van der Waals surface area (Å²) < 4.78 is 36.7. The van der Waals surface area contributed by atoms with Crippen LogP contribution in [0, 0.1) is 0 Å². The number of aliphatic hydroxyl groups excluding tert-OH is 1. The molecule has 1 rings (SSSR count). The van der Waals surface area contributed by atoms with Crippen molar-refractivity contribution >= 4 is 0 Å². The van der Waals surface area contributed by atoms with Gasteiger partial charge in [0.2, 0.25) is 0 Å².